The van der Waals surface area contributed by atoms with Crippen molar-refractivity contribution in [1.82, 2.24) is 29.3 Å². The smallest absolute Gasteiger partial charge is 0.410 e. The summed E-state index contributed by atoms with van der Waals surface area (Å²) in [6.07, 6.45) is 4.99. The van der Waals surface area contributed by atoms with Gasteiger partial charge in [0.05, 0.1) is 12.1 Å². The van der Waals surface area contributed by atoms with E-state index in [1.54, 1.807) is 4.90 Å². The lowest BCUT2D eigenvalue weighted by atomic mass is 10.0. The van der Waals surface area contributed by atoms with Crippen LogP contribution in [-0.2, 0) is 17.7 Å². The van der Waals surface area contributed by atoms with Crippen LogP contribution in [-0.4, -0.2) is 54.1 Å². The first-order valence-electron chi connectivity index (χ1n) is 13.3. The molecule has 9 nitrogen and oxygen atoms in total. The Hall–Kier alpha value is -4.40. The van der Waals surface area contributed by atoms with Crippen molar-refractivity contribution in [2.24, 2.45) is 5.92 Å². The van der Waals surface area contributed by atoms with E-state index >= 15 is 0 Å². The van der Waals surface area contributed by atoms with Gasteiger partial charge in [-0.25, -0.2) is 14.3 Å². The number of carbonyl (C=O) groups is 1. The van der Waals surface area contributed by atoms with Crippen LogP contribution in [0.25, 0.3) is 27.5 Å². The number of ether oxygens (including phenoxy) is 1. The van der Waals surface area contributed by atoms with Gasteiger partial charge in [0.15, 0.2) is 5.82 Å². The normalized spacial score (nSPS) is 15.9. The van der Waals surface area contributed by atoms with Crippen LogP contribution in [0, 0.1) is 5.92 Å². The molecule has 1 aliphatic rings. The van der Waals surface area contributed by atoms with Crippen LogP contribution in [0.5, 0.6) is 0 Å². The Morgan fingerprint density at radius 2 is 1.95 bits per heavy atom. The standard InChI is InChI=1S/C30H33N7O2/c1-30(2,3)39-29(38)35-12-11-21(16-35)13-24-15-25(27-28(31)32-19-33-37(24)27)22-9-10-23-18-36(34-26(23)14-22)17-20-7-5-4-6-8-20/h4-10,14-15,18-19,21H,11-13,16-17H2,1-3H3,(H2,31,32,33). The fourth-order valence-corrected chi connectivity index (χ4v) is 5.37. The molecule has 0 saturated carbocycles. The van der Waals surface area contributed by atoms with E-state index in [1.165, 1.54) is 11.9 Å². The van der Waals surface area contributed by atoms with Crippen molar-refractivity contribution in [3.8, 4) is 11.1 Å². The van der Waals surface area contributed by atoms with Gasteiger partial charge in [-0.1, -0.05) is 42.5 Å². The molecule has 0 aliphatic carbocycles. The van der Waals surface area contributed by atoms with Crippen molar-refractivity contribution < 1.29 is 9.53 Å². The summed E-state index contributed by atoms with van der Waals surface area (Å²) < 4.78 is 9.44. The summed E-state index contributed by atoms with van der Waals surface area (Å²) in [6, 6.07) is 18.8. The molecule has 1 aliphatic heterocycles. The maximum absolute atomic E-state index is 12.6. The predicted molar refractivity (Wildman–Crippen MR) is 151 cm³/mol. The van der Waals surface area contributed by atoms with Crippen molar-refractivity contribution >= 4 is 28.3 Å². The molecule has 0 spiro atoms. The van der Waals surface area contributed by atoms with Crippen molar-refractivity contribution in [2.45, 2.75) is 45.8 Å². The number of benzene rings is 2. The largest absolute Gasteiger partial charge is 0.444 e. The van der Waals surface area contributed by atoms with E-state index in [0.29, 0.717) is 31.4 Å². The monoisotopic (exact) mass is 523 g/mol. The molecule has 1 unspecified atom stereocenters. The average Bonchev–Trinajstić information content (AvgIpc) is 3.61. The number of rotatable bonds is 5. The van der Waals surface area contributed by atoms with Gasteiger partial charge >= 0.3 is 6.09 Å². The molecule has 4 heterocycles. The Balaban J connectivity index is 1.28. The fourth-order valence-electron chi connectivity index (χ4n) is 5.37. The lowest BCUT2D eigenvalue weighted by Gasteiger charge is -2.24. The summed E-state index contributed by atoms with van der Waals surface area (Å²) >= 11 is 0. The Bertz CT molecular complexity index is 1650. The molecule has 2 aromatic carbocycles. The van der Waals surface area contributed by atoms with E-state index < -0.39 is 5.60 Å². The van der Waals surface area contributed by atoms with E-state index in [2.05, 4.69) is 52.7 Å². The summed E-state index contributed by atoms with van der Waals surface area (Å²) in [6.45, 7) is 7.73. The van der Waals surface area contributed by atoms with Crippen LogP contribution in [0.3, 0.4) is 0 Å². The van der Waals surface area contributed by atoms with E-state index in [1.807, 2.05) is 48.2 Å². The lowest BCUT2D eigenvalue weighted by molar-refractivity contribution is 0.0288. The maximum Gasteiger partial charge on any atom is 0.410 e. The van der Waals surface area contributed by atoms with Crippen molar-refractivity contribution in [3.63, 3.8) is 0 Å². The zero-order chi connectivity index (χ0) is 27.1. The highest BCUT2D eigenvalue weighted by atomic mass is 16.6. The second-order valence-electron chi connectivity index (χ2n) is 11.3. The number of nitrogens with two attached hydrogens (primary N) is 1. The first-order valence-corrected chi connectivity index (χ1v) is 13.3. The van der Waals surface area contributed by atoms with Crippen molar-refractivity contribution in [3.05, 3.63) is 78.4 Å². The molecule has 1 fully saturated rings. The molecule has 0 bridgehead atoms. The van der Waals surface area contributed by atoms with Crippen molar-refractivity contribution in [1.29, 1.82) is 0 Å². The van der Waals surface area contributed by atoms with Gasteiger partial charge < -0.3 is 15.4 Å². The predicted octanol–water partition coefficient (Wildman–Crippen LogP) is 5.18. The van der Waals surface area contributed by atoms with Crippen molar-refractivity contribution in [2.75, 3.05) is 18.8 Å². The van der Waals surface area contributed by atoms with Crippen LogP contribution in [0.4, 0.5) is 10.6 Å². The van der Waals surface area contributed by atoms with E-state index in [0.717, 1.165) is 46.1 Å². The summed E-state index contributed by atoms with van der Waals surface area (Å²) in [5, 5.41) is 10.5. The second kappa shape index (κ2) is 9.72. The topological polar surface area (TPSA) is 104 Å². The number of nitrogens with zero attached hydrogens (tertiary/aromatic N) is 6. The number of hydrogen-bond donors (Lipinski definition) is 1. The third-order valence-corrected chi connectivity index (χ3v) is 7.14. The molecule has 1 saturated heterocycles. The number of fused-ring (bicyclic) bond motifs is 2. The van der Waals surface area contributed by atoms with Gasteiger partial charge in [0, 0.05) is 35.9 Å². The highest BCUT2D eigenvalue weighted by molar-refractivity contribution is 5.92. The quantitative estimate of drug-likeness (QED) is 0.341. The van der Waals surface area contributed by atoms with E-state index in [-0.39, 0.29) is 6.09 Å². The number of anilines is 1. The zero-order valence-electron chi connectivity index (χ0n) is 22.5. The van der Waals surface area contributed by atoms with Crippen LogP contribution >= 0.6 is 0 Å². The summed E-state index contributed by atoms with van der Waals surface area (Å²) in [7, 11) is 0. The first-order chi connectivity index (χ1) is 18.7. The third-order valence-electron chi connectivity index (χ3n) is 7.14. The SMILES string of the molecule is CC(C)(C)OC(=O)N1CCC(Cc2cc(-c3ccc4cn(Cc5ccccc5)nc4c3)c3c(N)ncnn23)C1. The molecule has 2 N–H and O–H groups in total. The summed E-state index contributed by atoms with van der Waals surface area (Å²) in [5.74, 6) is 0.735. The minimum atomic E-state index is -0.505. The zero-order valence-corrected chi connectivity index (χ0v) is 22.5. The minimum Gasteiger partial charge on any atom is -0.444 e. The number of nitrogen functional groups attached to an aromatic ring is 1. The van der Waals surface area contributed by atoms with Crippen LogP contribution < -0.4 is 5.73 Å². The molecular weight excluding hydrogens is 490 g/mol. The molecule has 1 amide bonds. The Labute approximate surface area is 227 Å². The fraction of sp³-hybridized carbons (Fsp3) is 0.333. The molecule has 3 aromatic heterocycles. The molecule has 9 heteroatoms. The number of hydrogen-bond acceptors (Lipinski definition) is 6. The number of aromatic nitrogens is 5. The highest BCUT2D eigenvalue weighted by Crippen LogP contribution is 2.34. The Morgan fingerprint density at radius 1 is 1.13 bits per heavy atom. The average molecular weight is 524 g/mol. The Kier molecular flexibility index (Phi) is 6.21. The van der Waals surface area contributed by atoms with E-state index in [4.69, 9.17) is 15.6 Å². The van der Waals surface area contributed by atoms with Crippen LogP contribution in [0.15, 0.2) is 67.1 Å². The van der Waals surface area contributed by atoms with Crippen LogP contribution in [0.1, 0.15) is 38.4 Å². The van der Waals surface area contributed by atoms with Gasteiger partial charge in [0.25, 0.3) is 0 Å². The molecule has 39 heavy (non-hydrogen) atoms. The molecule has 6 rings (SSSR count). The summed E-state index contributed by atoms with van der Waals surface area (Å²) in [4.78, 5) is 18.6. The van der Waals surface area contributed by atoms with E-state index in [9.17, 15) is 4.79 Å². The van der Waals surface area contributed by atoms with Gasteiger partial charge in [-0.2, -0.15) is 10.2 Å². The number of likely N-dealkylation sites (tertiary alicyclic amines) is 1. The lowest BCUT2D eigenvalue weighted by Crippen LogP contribution is -2.35. The maximum atomic E-state index is 12.6. The van der Waals surface area contributed by atoms with Gasteiger partial charge in [-0.05, 0) is 62.8 Å². The first kappa shape index (κ1) is 24.9. The van der Waals surface area contributed by atoms with Gasteiger partial charge in [0.2, 0.25) is 0 Å². The number of carbonyl (C=O) groups excluding carboxylic acids is 1. The van der Waals surface area contributed by atoms with Gasteiger partial charge in [-0.15, -0.1) is 0 Å². The summed E-state index contributed by atoms with van der Waals surface area (Å²) in [5.41, 5.74) is 11.8. The molecule has 0 radical (unpaired) electrons. The molecular formula is C30H33N7O2. The second-order valence-corrected chi connectivity index (χ2v) is 11.3. The molecule has 1 atom stereocenters. The molecule has 200 valence electrons. The molecule has 5 aromatic rings. The third kappa shape index (κ3) is 5.16. The van der Waals surface area contributed by atoms with Gasteiger partial charge in [-0.3, -0.25) is 4.68 Å². The van der Waals surface area contributed by atoms with Crippen LogP contribution in [0.2, 0.25) is 0 Å². The minimum absolute atomic E-state index is 0.253. The number of amides is 1. The Morgan fingerprint density at radius 3 is 2.74 bits per heavy atom. The van der Waals surface area contributed by atoms with Gasteiger partial charge in [0.1, 0.15) is 17.4 Å². The highest BCUT2D eigenvalue weighted by Gasteiger charge is 2.31.